The molecule has 0 spiro atoms. The number of hydrogen-bond acceptors (Lipinski definition) is 1. The first kappa shape index (κ1) is 11.1. The highest BCUT2D eigenvalue weighted by molar-refractivity contribution is 6.50. The lowest BCUT2D eigenvalue weighted by atomic mass is 10.3. The van der Waals surface area contributed by atoms with Crippen molar-refractivity contribution < 1.29 is 0 Å². The minimum Gasteiger partial charge on any atom is -0.344 e. The average Bonchev–Trinajstić information content (AvgIpc) is 2.74. The topological polar surface area (TPSA) is 28.1 Å². The number of allylic oxidation sites excluding steroid dienone is 2. The molecule has 1 aliphatic heterocycles. The molecule has 0 unspecified atom stereocenters. The van der Waals surface area contributed by atoms with Crippen LogP contribution in [0.25, 0.3) is 5.03 Å². The first-order valence-corrected chi connectivity index (χ1v) is 5.44. The molecule has 78 valence electrons. The van der Waals surface area contributed by atoms with Gasteiger partial charge in [0, 0.05) is 6.21 Å². The smallest absolute Gasteiger partial charge is 0.125 e. The Kier molecular flexibility index (Phi) is 3.12. The molecule has 2 rings (SSSR count). The third-order valence-corrected chi connectivity index (χ3v) is 3.08. The van der Waals surface area contributed by atoms with Crippen molar-refractivity contribution in [1.82, 2.24) is 4.98 Å². The minimum absolute atomic E-state index is 0.350. The Morgan fingerprint density at radius 1 is 1.27 bits per heavy atom. The predicted octanol–water partition coefficient (Wildman–Crippen LogP) is 4.44. The number of nitrogens with one attached hydrogen (secondary N) is 1. The van der Waals surface area contributed by atoms with Gasteiger partial charge in [-0.25, -0.2) is 0 Å². The zero-order chi connectivity index (χ0) is 11.0. The van der Waals surface area contributed by atoms with Gasteiger partial charge in [-0.1, -0.05) is 46.4 Å². The molecule has 6 heteroatoms. The Labute approximate surface area is 106 Å². The summed E-state index contributed by atoms with van der Waals surface area (Å²) in [5, 5.41) is 1.73. The van der Waals surface area contributed by atoms with E-state index in [1.807, 2.05) is 0 Å². The van der Waals surface area contributed by atoms with Gasteiger partial charge in [-0.2, -0.15) is 0 Å². The van der Waals surface area contributed by atoms with E-state index in [4.69, 9.17) is 46.4 Å². The second-order valence-corrected chi connectivity index (χ2v) is 4.43. The molecule has 0 atom stereocenters. The van der Waals surface area contributed by atoms with Gasteiger partial charge in [0.1, 0.15) is 5.15 Å². The van der Waals surface area contributed by atoms with E-state index in [0.717, 1.165) is 0 Å². The van der Waals surface area contributed by atoms with Crippen molar-refractivity contribution in [1.29, 1.82) is 0 Å². The number of nitrogens with zero attached hydrogens (tertiary/aromatic N) is 1. The van der Waals surface area contributed by atoms with Crippen molar-refractivity contribution in [3.05, 3.63) is 38.7 Å². The van der Waals surface area contributed by atoms with E-state index in [0.29, 0.717) is 31.6 Å². The molecule has 0 aliphatic carbocycles. The molecular formula is C9H4Cl4N2. The summed E-state index contributed by atoms with van der Waals surface area (Å²) in [4.78, 5) is 6.86. The molecule has 0 saturated carbocycles. The van der Waals surface area contributed by atoms with E-state index in [2.05, 4.69) is 9.98 Å². The second kappa shape index (κ2) is 4.22. The predicted molar refractivity (Wildman–Crippen MR) is 66.0 cm³/mol. The molecule has 2 nitrogen and oxygen atoms in total. The van der Waals surface area contributed by atoms with Gasteiger partial charge in [-0.3, -0.25) is 4.99 Å². The van der Waals surface area contributed by atoms with E-state index in [1.54, 1.807) is 12.1 Å². The lowest BCUT2D eigenvalue weighted by molar-refractivity contribution is 1.35. The van der Waals surface area contributed by atoms with Crippen LogP contribution in [0.2, 0.25) is 10.2 Å². The molecule has 0 bridgehead atoms. The first-order valence-electron chi connectivity index (χ1n) is 3.93. The maximum Gasteiger partial charge on any atom is 0.125 e. The van der Waals surface area contributed by atoms with Crippen molar-refractivity contribution in [3.63, 3.8) is 0 Å². The molecule has 15 heavy (non-hydrogen) atoms. The number of hydrogen-bond donors (Lipinski definition) is 1. The number of halogens is 4. The van der Waals surface area contributed by atoms with E-state index in [-0.39, 0.29) is 0 Å². The largest absolute Gasteiger partial charge is 0.344 e. The van der Waals surface area contributed by atoms with Crippen LogP contribution in [0.4, 0.5) is 0 Å². The van der Waals surface area contributed by atoms with E-state index in [9.17, 15) is 0 Å². The number of rotatable bonds is 1. The SMILES string of the molecule is ClC1=C/C(=C(\Cl)c2cc(Cl)c(Cl)[nH]2)N=C1. The highest BCUT2D eigenvalue weighted by atomic mass is 35.5. The molecule has 0 amide bonds. The van der Waals surface area contributed by atoms with Crippen LogP contribution < -0.4 is 0 Å². The monoisotopic (exact) mass is 280 g/mol. The number of aromatic amines is 1. The molecular weight excluding hydrogens is 278 g/mol. The van der Waals surface area contributed by atoms with Crippen molar-refractivity contribution in [2.24, 2.45) is 4.99 Å². The zero-order valence-electron chi connectivity index (χ0n) is 7.19. The standard InChI is InChI=1S/C9H4Cl4N2/c10-4-1-6(14-3-4)8(12)7-2-5(11)9(13)15-7/h1-3,15H/b8-6+. The summed E-state index contributed by atoms with van der Waals surface area (Å²) in [6.07, 6.45) is 3.18. The van der Waals surface area contributed by atoms with Gasteiger partial charge in [0.15, 0.2) is 0 Å². The van der Waals surface area contributed by atoms with E-state index < -0.39 is 0 Å². The molecule has 1 aromatic heterocycles. The zero-order valence-corrected chi connectivity index (χ0v) is 10.2. The van der Waals surface area contributed by atoms with E-state index in [1.165, 1.54) is 6.21 Å². The van der Waals surface area contributed by atoms with Crippen molar-refractivity contribution >= 4 is 57.7 Å². The van der Waals surface area contributed by atoms with Crippen LogP contribution in [0.15, 0.2) is 27.9 Å². The van der Waals surface area contributed by atoms with Crippen LogP contribution in [-0.4, -0.2) is 11.2 Å². The van der Waals surface area contributed by atoms with Gasteiger partial charge < -0.3 is 4.98 Å². The summed E-state index contributed by atoms with van der Waals surface area (Å²) in [5.74, 6) is 0. The quantitative estimate of drug-likeness (QED) is 0.789. The van der Waals surface area contributed by atoms with Gasteiger partial charge in [-0.15, -0.1) is 0 Å². The molecule has 1 N–H and O–H groups in total. The maximum atomic E-state index is 6.08. The number of H-pyrrole nitrogens is 1. The van der Waals surface area contributed by atoms with Crippen molar-refractivity contribution in [2.75, 3.05) is 0 Å². The maximum absolute atomic E-state index is 6.08. The fourth-order valence-corrected chi connectivity index (χ4v) is 1.79. The van der Waals surface area contributed by atoms with Crippen LogP contribution in [0.5, 0.6) is 0 Å². The first-order chi connectivity index (χ1) is 7.08. The highest BCUT2D eigenvalue weighted by Gasteiger charge is 2.12. The molecule has 0 saturated heterocycles. The Morgan fingerprint density at radius 3 is 2.47 bits per heavy atom. The summed E-state index contributed by atoms with van der Waals surface area (Å²) in [5.41, 5.74) is 1.19. The summed E-state index contributed by atoms with van der Waals surface area (Å²) >= 11 is 23.4. The molecule has 0 aromatic carbocycles. The Hall–Kier alpha value is -0.410. The Balaban J connectivity index is 2.44. The molecule has 2 heterocycles. The Morgan fingerprint density at radius 2 is 2.00 bits per heavy atom. The third kappa shape index (κ3) is 2.23. The van der Waals surface area contributed by atoms with Gasteiger partial charge in [0.25, 0.3) is 0 Å². The van der Waals surface area contributed by atoms with Crippen LogP contribution in [-0.2, 0) is 0 Å². The van der Waals surface area contributed by atoms with Gasteiger partial charge in [0.2, 0.25) is 0 Å². The summed E-state index contributed by atoms with van der Waals surface area (Å²) < 4.78 is 0. The number of aliphatic imine (C=N–C) groups is 1. The van der Waals surface area contributed by atoms with Crippen LogP contribution in [0, 0.1) is 0 Å². The molecule has 0 radical (unpaired) electrons. The summed E-state index contributed by atoms with van der Waals surface area (Å²) in [6.45, 7) is 0. The lowest BCUT2D eigenvalue weighted by Crippen LogP contribution is -1.79. The van der Waals surface area contributed by atoms with Crippen molar-refractivity contribution in [3.8, 4) is 0 Å². The molecule has 1 aliphatic rings. The van der Waals surface area contributed by atoms with Crippen LogP contribution in [0.3, 0.4) is 0 Å². The average molecular weight is 282 g/mol. The van der Waals surface area contributed by atoms with Crippen LogP contribution in [0.1, 0.15) is 5.69 Å². The normalized spacial score (nSPS) is 18.3. The third-order valence-electron chi connectivity index (χ3n) is 1.79. The lowest BCUT2D eigenvalue weighted by Gasteiger charge is -1.96. The fourth-order valence-electron chi connectivity index (χ4n) is 1.12. The fraction of sp³-hybridized carbons (Fsp3) is 0. The highest BCUT2D eigenvalue weighted by Crippen LogP contribution is 2.32. The molecule has 1 aromatic rings. The van der Waals surface area contributed by atoms with Crippen molar-refractivity contribution in [2.45, 2.75) is 0 Å². The Bertz CT molecular complexity index is 477. The minimum atomic E-state index is 0.350. The van der Waals surface area contributed by atoms with Crippen LogP contribution >= 0.6 is 46.4 Å². The van der Waals surface area contributed by atoms with Gasteiger partial charge in [0.05, 0.1) is 26.5 Å². The van der Waals surface area contributed by atoms with Gasteiger partial charge in [-0.05, 0) is 12.1 Å². The number of aromatic nitrogens is 1. The van der Waals surface area contributed by atoms with E-state index >= 15 is 0 Å². The molecule has 0 fully saturated rings. The van der Waals surface area contributed by atoms with Gasteiger partial charge >= 0.3 is 0 Å². The summed E-state index contributed by atoms with van der Waals surface area (Å²) in [6, 6.07) is 1.63. The summed E-state index contributed by atoms with van der Waals surface area (Å²) in [7, 11) is 0. The second-order valence-electron chi connectivity index (χ2n) is 2.83.